The molecule has 0 radical (unpaired) electrons. The molecule has 80 valence electrons. The van der Waals surface area contributed by atoms with E-state index in [9.17, 15) is 4.79 Å². The van der Waals surface area contributed by atoms with E-state index in [1.165, 1.54) is 0 Å². The van der Waals surface area contributed by atoms with Crippen LogP contribution in [0.15, 0.2) is 39.3 Å². The van der Waals surface area contributed by atoms with Crippen molar-refractivity contribution in [2.75, 3.05) is 0 Å². The van der Waals surface area contributed by atoms with Crippen LogP contribution in [0.1, 0.15) is 12.5 Å². The monoisotopic (exact) mass is 332 g/mol. The smallest absolute Gasteiger partial charge is 0.333 e. The fraction of sp³-hybridized carbons (Fsp3) is 0.182. The molecule has 0 aliphatic heterocycles. The quantitative estimate of drug-likeness (QED) is 0.620. The molecule has 0 heterocycles. The second kappa shape index (κ2) is 5.47. The van der Waals surface area contributed by atoms with Crippen molar-refractivity contribution in [3.8, 4) is 0 Å². The molecule has 1 aromatic rings. The highest BCUT2D eigenvalue weighted by Gasteiger charge is 2.06. The van der Waals surface area contributed by atoms with Gasteiger partial charge in [0.05, 0.1) is 0 Å². The van der Waals surface area contributed by atoms with Gasteiger partial charge in [-0.2, -0.15) is 0 Å². The molecular formula is C11H10Br2O2. The maximum absolute atomic E-state index is 11.1. The Kier molecular flexibility index (Phi) is 4.54. The number of benzene rings is 1. The van der Waals surface area contributed by atoms with Gasteiger partial charge in [-0.3, -0.25) is 0 Å². The highest BCUT2D eigenvalue weighted by molar-refractivity contribution is 9.11. The lowest BCUT2D eigenvalue weighted by molar-refractivity contribution is -0.140. The zero-order chi connectivity index (χ0) is 11.4. The summed E-state index contributed by atoms with van der Waals surface area (Å²) in [7, 11) is 0. The molecule has 0 bridgehead atoms. The van der Waals surface area contributed by atoms with Crippen LogP contribution in [0.4, 0.5) is 0 Å². The molecule has 4 heteroatoms. The lowest BCUT2D eigenvalue weighted by Gasteiger charge is -2.06. The van der Waals surface area contributed by atoms with Gasteiger partial charge >= 0.3 is 5.97 Å². The molecule has 0 amide bonds. The third-order valence-electron chi connectivity index (χ3n) is 1.72. The first-order valence-electron chi connectivity index (χ1n) is 4.27. The number of ether oxygens (including phenoxy) is 1. The molecule has 0 unspecified atom stereocenters. The minimum absolute atomic E-state index is 0.250. The van der Waals surface area contributed by atoms with Crippen LogP contribution in [0, 0.1) is 0 Å². The first kappa shape index (κ1) is 12.5. The molecule has 0 aliphatic carbocycles. The molecule has 15 heavy (non-hydrogen) atoms. The molecule has 0 fully saturated rings. The van der Waals surface area contributed by atoms with Crippen LogP contribution < -0.4 is 0 Å². The van der Waals surface area contributed by atoms with E-state index in [0.717, 1.165) is 14.5 Å². The molecule has 2 nitrogen and oxygen atoms in total. The minimum Gasteiger partial charge on any atom is -0.457 e. The van der Waals surface area contributed by atoms with Crippen LogP contribution in [0.2, 0.25) is 0 Å². The lowest BCUT2D eigenvalue weighted by Crippen LogP contribution is -2.05. The van der Waals surface area contributed by atoms with Gasteiger partial charge < -0.3 is 4.74 Å². The molecule has 0 N–H and O–H groups in total. The van der Waals surface area contributed by atoms with Gasteiger partial charge in [0.2, 0.25) is 0 Å². The first-order valence-corrected chi connectivity index (χ1v) is 5.86. The van der Waals surface area contributed by atoms with E-state index in [2.05, 4.69) is 38.4 Å². The summed E-state index contributed by atoms with van der Waals surface area (Å²) in [5.74, 6) is -0.371. The third kappa shape index (κ3) is 3.80. The van der Waals surface area contributed by atoms with E-state index >= 15 is 0 Å². The summed E-state index contributed by atoms with van der Waals surface area (Å²) < 4.78 is 6.91. The zero-order valence-corrected chi connectivity index (χ0v) is 11.4. The van der Waals surface area contributed by atoms with Crippen molar-refractivity contribution in [2.24, 2.45) is 0 Å². The number of halogens is 2. The third-order valence-corrected chi connectivity index (χ3v) is 2.95. The van der Waals surface area contributed by atoms with Crippen LogP contribution in [-0.2, 0) is 16.1 Å². The Balaban J connectivity index is 2.66. The average Bonchev–Trinajstić information content (AvgIpc) is 2.15. The van der Waals surface area contributed by atoms with Crippen molar-refractivity contribution in [3.63, 3.8) is 0 Å². The van der Waals surface area contributed by atoms with Crippen LogP contribution >= 0.6 is 31.9 Å². The predicted molar refractivity (Wildman–Crippen MR) is 66.5 cm³/mol. The van der Waals surface area contributed by atoms with Gasteiger partial charge in [0, 0.05) is 20.1 Å². The van der Waals surface area contributed by atoms with Crippen LogP contribution in [0.3, 0.4) is 0 Å². The van der Waals surface area contributed by atoms with Gasteiger partial charge in [-0.15, -0.1) is 0 Å². The van der Waals surface area contributed by atoms with Crippen molar-refractivity contribution < 1.29 is 9.53 Å². The van der Waals surface area contributed by atoms with E-state index in [0.29, 0.717) is 5.57 Å². The Labute approximate surface area is 106 Å². The van der Waals surface area contributed by atoms with Crippen molar-refractivity contribution in [3.05, 3.63) is 44.9 Å². The summed E-state index contributed by atoms with van der Waals surface area (Å²) in [5.41, 5.74) is 1.33. The van der Waals surface area contributed by atoms with Crippen molar-refractivity contribution in [1.29, 1.82) is 0 Å². The SMILES string of the molecule is C=C(C)C(=O)OCc1ccc(Br)cc1Br. The largest absolute Gasteiger partial charge is 0.457 e. The maximum Gasteiger partial charge on any atom is 0.333 e. The normalized spacial score (nSPS) is 9.80. The Hall–Kier alpha value is -0.610. The highest BCUT2D eigenvalue weighted by Crippen LogP contribution is 2.22. The predicted octanol–water partition coefficient (Wildman–Crippen LogP) is 3.83. The molecular weight excluding hydrogens is 324 g/mol. The minimum atomic E-state index is -0.371. The fourth-order valence-corrected chi connectivity index (χ4v) is 2.07. The van der Waals surface area contributed by atoms with E-state index in [4.69, 9.17) is 4.74 Å². The van der Waals surface area contributed by atoms with Gasteiger partial charge in [-0.1, -0.05) is 44.5 Å². The Morgan fingerprint density at radius 1 is 1.47 bits per heavy atom. The Morgan fingerprint density at radius 3 is 2.67 bits per heavy atom. The fourth-order valence-electron chi connectivity index (χ4n) is 0.905. The van der Waals surface area contributed by atoms with Crippen LogP contribution in [0.25, 0.3) is 0 Å². The molecule has 1 aromatic carbocycles. The van der Waals surface area contributed by atoms with Crippen molar-refractivity contribution >= 4 is 37.8 Å². The number of hydrogen-bond donors (Lipinski definition) is 0. The van der Waals surface area contributed by atoms with E-state index in [1.54, 1.807) is 6.92 Å². The van der Waals surface area contributed by atoms with E-state index < -0.39 is 0 Å². The summed E-state index contributed by atoms with van der Waals surface area (Å²) >= 11 is 6.74. The molecule has 0 aliphatic rings. The van der Waals surface area contributed by atoms with Crippen LogP contribution in [-0.4, -0.2) is 5.97 Å². The summed E-state index contributed by atoms with van der Waals surface area (Å²) in [5, 5.41) is 0. The Morgan fingerprint density at radius 2 is 2.13 bits per heavy atom. The van der Waals surface area contributed by atoms with Gasteiger partial charge in [0.1, 0.15) is 6.61 Å². The second-order valence-corrected chi connectivity index (χ2v) is 4.86. The molecule has 0 aromatic heterocycles. The first-order chi connectivity index (χ1) is 7.00. The number of carbonyl (C=O) groups is 1. The summed E-state index contributed by atoms with van der Waals surface area (Å²) in [4.78, 5) is 11.1. The highest BCUT2D eigenvalue weighted by atomic mass is 79.9. The summed E-state index contributed by atoms with van der Waals surface area (Å²) in [6.45, 7) is 5.38. The van der Waals surface area contributed by atoms with Gasteiger partial charge in [0.25, 0.3) is 0 Å². The van der Waals surface area contributed by atoms with Crippen molar-refractivity contribution in [2.45, 2.75) is 13.5 Å². The molecule has 0 saturated heterocycles. The molecule has 1 rings (SSSR count). The Bertz CT molecular complexity index is 400. The summed E-state index contributed by atoms with van der Waals surface area (Å²) in [6, 6.07) is 5.69. The number of carbonyl (C=O) groups excluding carboxylic acids is 1. The van der Waals surface area contributed by atoms with E-state index in [1.807, 2.05) is 18.2 Å². The molecule has 0 saturated carbocycles. The topological polar surface area (TPSA) is 26.3 Å². The van der Waals surface area contributed by atoms with Gasteiger partial charge in [0.15, 0.2) is 0 Å². The maximum atomic E-state index is 11.1. The second-order valence-electron chi connectivity index (χ2n) is 3.09. The van der Waals surface area contributed by atoms with Gasteiger partial charge in [-0.05, 0) is 19.1 Å². The van der Waals surface area contributed by atoms with Crippen LogP contribution in [0.5, 0.6) is 0 Å². The standard InChI is InChI=1S/C11H10Br2O2/c1-7(2)11(14)15-6-8-3-4-9(12)5-10(8)13/h3-5H,1,6H2,2H3. The summed E-state index contributed by atoms with van der Waals surface area (Å²) in [6.07, 6.45) is 0. The molecule has 0 atom stereocenters. The number of hydrogen-bond acceptors (Lipinski definition) is 2. The average molecular weight is 334 g/mol. The lowest BCUT2D eigenvalue weighted by atomic mass is 10.2. The number of rotatable bonds is 3. The van der Waals surface area contributed by atoms with Crippen molar-refractivity contribution in [1.82, 2.24) is 0 Å². The van der Waals surface area contributed by atoms with Gasteiger partial charge in [-0.25, -0.2) is 4.79 Å². The number of esters is 1. The molecule has 0 spiro atoms. The van der Waals surface area contributed by atoms with E-state index in [-0.39, 0.29) is 12.6 Å². The zero-order valence-electron chi connectivity index (χ0n) is 8.22.